The Kier molecular flexibility index (Phi) is 5.09. The Balaban J connectivity index is 2.77. The van der Waals surface area contributed by atoms with Crippen LogP contribution in [0, 0.1) is 28.9 Å². The predicted octanol–water partition coefficient (Wildman–Crippen LogP) is 2.55. The Labute approximate surface area is 108 Å². The van der Waals surface area contributed by atoms with Crippen LogP contribution >= 0.6 is 0 Å². The van der Waals surface area contributed by atoms with Gasteiger partial charge in [-0.2, -0.15) is 0 Å². The van der Waals surface area contributed by atoms with Gasteiger partial charge in [-0.3, -0.25) is 10.1 Å². The van der Waals surface area contributed by atoms with Gasteiger partial charge in [0, 0.05) is 24.4 Å². The molecule has 3 N–H and O–H groups in total. The van der Waals surface area contributed by atoms with Crippen LogP contribution in [0.3, 0.4) is 0 Å². The van der Waals surface area contributed by atoms with E-state index in [9.17, 15) is 10.1 Å². The number of anilines is 1. The number of nitro benzene ring substituents is 1. The van der Waals surface area contributed by atoms with Crippen molar-refractivity contribution in [2.24, 2.45) is 17.6 Å². The minimum absolute atomic E-state index is 0.108. The first-order valence-corrected chi connectivity index (χ1v) is 6.14. The number of hydrogen-bond donors (Lipinski definition) is 2. The van der Waals surface area contributed by atoms with E-state index >= 15 is 0 Å². The summed E-state index contributed by atoms with van der Waals surface area (Å²) >= 11 is 0. The molecule has 5 nitrogen and oxygen atoms in total. The fraction of sp³-hybridized carbons (Fsp3) is 0.538. The van der Waals surface area contributed by atoms with Crippen molar-refractivity contribution in [1.29, 1.82) is 0 Å². The summed E-state index contributed by atoms with van der Waals surface area (Å²) in [6.07, 6.45) is 0. The minimum atomic E-state index is -0.381. The maximum Gasteiger partial charge on any atom is 0.271 e. The lowest BCUT2D eigenvalue weighted by Crippen LogP contribution is -2.27. The van der Waals surface area contributed by atoms with E-state index in [1.165, 1.54) is 6.07 Å². The molecule has 1 aromatic carbocycles. The van der Waals surface area contributed by atoms with Crippen LogP contribution in [0.2, 0.25) is 0 Å². The second kappa shape index (κ2) is 6.35. The first-order valence-electron chi connectivity index (χ1n) is 6.14. The fourth-order valence-corrected chi connectivity index (χ4v) is 1.75. The molecular weight excluding hydrogens is 230 g/mol. The molecule has 1 atom stereocenters. The van der Waals surface area contributed by atoms with Crippen molar-refractivity contribution in [2.45, 2.75) is 20.8 Å². The van der Waals surface area contributed by atoms with Crippen LogP contribution in [-0.4, -0.2) is 18.0 Å². The number of nitrogens with zero attached hydrogens (tertiary/aromatic N) is 1. The van der Waals surface area contributed by atoms with E-state index in [-0.39, 0.29) is 10.6 Å². The zero-order chi connectivity index (χ0) is 13.7. The third kappa shape index (κ3) is 3.70. The van der Waals surface area contributed by atoms with Gasteiger partial charge in [0.1, 0.15) is 0 Å². The molecule has 100 valence electrons. The van der Waals surface area contributed by atoms with Crippen LogP contribution < -0.4 is 11.1 Å². The fourth-order valence-electron chi connectivity index (χ4n) is 1.75. The molecule has 1 unspecified atom stereocenters. The van der Waals surface area contributed by atoms with Crippen molar-refractivity contribution < 1.29 is 4.92 Å². The highest BCUT2D eigenvalue weighted by atomic mass is 16.6. The summed E-state index contributed by atoms with van der Waals surface area (Å²) in [5.74, 6) is 0.852. The van der Waals surface area contributed by atoms with Crippen LogP contribution in [0.1, 0.15) is 19.4 Å². The van der Waals surface area contributed by atoms with Crippen molar-refractivity contribution in [3.8, 4) is 0 Å². The Hall–Kier alpha value is -1.62. The van der Waals surface area contributed by atoms with Crippen molar-refractivity contribution in [3.05, 3.63) is 33.9 Å². The average molecular weight is 251 g/mol. The maximum absolute atomic E-state index is 10.7. The molecule has 0 aliphatic rings. The lowest BCUT2D eigenvalue weighted by Gasteiger charge is -2.20. The highest BCUT2D eigenvalue weighted by molar-refractivity contribution is 5.56. The number of nitrogens with one attached hydrogen (secondary N) is 1. The van der Waals surface area contributed by atoms with Gasteiger partial charge >= 0.3 is 0 Å². The van der Waals surface area contributed by atoms with E-state index in [1.807, 2.05) is 6.92 Å². The Morgan fingerprint density at radius 1 is 1.44 bits per heavy atom. The van der Waals surface area contributed by atoms with E-state index in [4.69, 9.17) is 5.73 Å². The highest BCUT2D eigenvalue weighted by Gasteiger charge is 2.13. The molecule has 5 heteroatoms. The number of aryl methyl sites for hydroxylation is 1. The zero-order valence-corrected chi connectivity index (χ0v) is 11.1. The third-order valence-electron chi connectivity index (χ3n) is 3.23. The highest BCUT2D eigenvalue weighted by Crippen LogP contribution is 2.22. The summed E-state index contributed by atoms with van der Waals surface area (Å²) in [6, 6.07) is 4.85. The molecule has 0 saturated carbocycles. The van der Waals surface area contributed by atoms with Crippen molar-refractivity contribution in [2.75, 3.05) is 18.4 Å². The predicted molar refractivity (Wildman–Crippen MR) is 73.7 cm³/mol. The van der Waals surface area contributed by atoms with Gasteiger partial charge in [0.2, 0.25) is 0 Å². The zero-order valence-electron chi connectivity index (χ0n) is 11.1. The number of hydrogen-bond acceptors (Lipinski definition) is 4. The SMILES string of the molecule is Cc1ccc([N+](=O)[O-])cc1NCC(CN)C(C)C. The molecule has 0 aliphatic heterocycles. The Bertz CT molecular complexity index is 419. The number of rotatable bonds is 6. The van der Waals surface area contributed by atoms with Gasteiger partial charge in [0.15, 0.2) is 0 Å². The second-order valence-electron chi connectivity index (χ2n) is 4.88. The Morgan fingerprint density at radius 3 is 2.61 bits per heavy atom. The molecule has 0 radical (unpaired) electrons. The largest absolute Gasteiger partial charge is 0.384 e. The molecule has 0 aliphatic carbocycles. The molecule has 0 amide bonds. The standard InChI is InChI=1S/C13H21N3O2/c1-9(2)11(7-14)8-15-13-6-12(16(17)18)5-4-10(13)3/h4-6,9,11,15H,7-8,14H2,1-3H3. The van der Waals surface area contributed by atoms with Crippen molar-refractivity contribution >= 4 is 11.4 Å². The van der Waals surface area contributed by atoms with Crippen LogP contribution in [0.15, 0.2) is 18.2 Å². The summed E-state index contributed by atoms with van der Waals surface area (Å²) in [5.41, 5.74) is 7.62. The van der Waals surface area contributed by atoms with Crippen LogP contribution in [0.5, 0.6) is 0 Å². The first-order chi connectivity index (χ1) is 8.45. The first kappa shape index (κ1) is 14.4. The average Bonchev–Trinajstić information content (AvgIpc) is 2.31. The summed E-state index contributed by atoms with van der Waals surface area (Å²) in [7, 11) is 0. The topological polar surface area (TPSA) is 81.2 Å². The van der Waals surface area contributed by atoms with Gasteiger partial charge in [-0.1, -0.05) is 19.9 Å². The lowest BCUT2D eigenvalue weighted by molar-refractivity contribution is -0.384. The normalized spacial score (nSPS) is 12.5. The molecule has 0 aromatic heterocycles. The van der Waals surface area contributed by atoms with E-state index < -0.39 is 0 Å². The van der Waals surface area contributed by atoms with Crippen molar-refractivity contribution in [1.82, 2.24) is 0 Å². The van der Waals surface area contributed by atoms with Crippen molar-refractivity contribution in [3.63, 3.8) is 0 Å². The van der Waals surface area contributed by atoms with Gasteiger partial charge in [-0.25, -0.2) is 0 Å². The van der Waals surface area contributed by atoms with Gasteiger partial charge in [0.05, 0.1) is 4.92 Å². The molecule has 18 heavy (non-hydrogen) atoms. The molecule has 0 heterocycles. The van der Waals surface area contributed by atoms with E-state index in [2.05, 4.69) is 19.2 Å². The second-order valence-corrected chi connectivity index (χ2v) is 4.88. The van der Waals surface area contributed by atoms with Gasteiger partial charge < -0.3 is 11.1 Å². The summed E-state index contributed by atoms with van der Waals surface area (Å²) in [5, 5.41) is 14.0. The van der Waals surface area contributed by atoms with E-state index in [1.54, 1.807) is 12.1 Å². The smallest absolute Gasteiger partial charge is 0.271 e. The monoisotopic (exact) mass is 251 g/mol. The van der Waals surface area contributed by atoms with Gasteiger partial charge in [0.25, 0.3) is 5.69 Å². The van der Waals surface area contributed by atoms with Gasteiger partial charge in [-0.05, 0) is 30.9 Å². The quantitative estimate of drug-likeness (QED) is 0.601. The molecule has 1 aromatic rings. The lowest BCUT2D eigenvalue weighted by atomic mass is 9.96. The molecule has 0 fully saturated rings. The van der Waals surface area contributed by atoms with Crippen LogP contribution in [0.4, 0.5) is 11.4 Å². The summed E-state index contributed by atoms with van der Waals surface area (Å²) < 4.78 is 0. The summed E-state index contributed by atoms with van der Waals surface area (Å²) in [6.45, 7) is 7.52. The van der Waals surface area contributed by atoms with Crippen LogP contribution in [0.25, 0.3) is 0 Å². The van der Waals surface area contributed by atoms with E-state index in [0.29, 0.717) is 18.4 Å². The maximum atomic E-state index is 10.7. The van der Waals surface area contributed by atoms with Gasteiger partial charge in [-0.15, -0.1) is 0 Å². The molecular formula is C13H21N3O2. The van der Waals surface area contributed by atoms with E-state index in [0.717, 1.165) is 17.8 Å². The van der Waals surface area contributed by atoms with Crippen LogP contribution in [-0.2, 0) is 0 Å². The third-order valence-corrected chi connectivity index (χ3v) is 3.23. The molecule has 0 bridgehead atoms. The number of nitro groups is 1. The Morgan fingerprint density at radius 2 is 2.11 bits per heavy atom. The summed E-state index contributed by atoms with van der Waals surface area (Å²) in [4.78, 5) is 10.3. The minimum Gasteiger partial charge on any atom is -0.384 e. The number of benzene rings is 1. The molecule has 1 rings (SSSR count). The number of non-ortho nitro benzene ring substituents is 1. The molecule has 0 spiro atoms. The molecule has 0 saturated heterocycles. The number of nitrogens with two attached hydrogens (primary N) is 1.